The van der Waals surface area contributed by atoms with Gasteiger partial charge in [0.05, 0.1) is 28.3 Å². The predicted octanol–water partition coefficient (Wildman–Crippen LogP) is 9.60. The van der Waals surface area contributed by atoms with Crippen molar-refractivity contribution >= 4 is 52.2 Å². The van der Waals surface area contributed by atoms with Gasteiger partial charge in [0.2, 0.25) is 0 Å². The molecule has 0 atom stereocenters. The number of carbonyl (C=O) groups excluding carboxylic acids is 1. The molecule has 2 aliphatic rings. The highest BCUT2D eigenvalue weighted by molar-refractivity contribution is 6.00. The van der Waals surface area contributed by atoms with Crippen LogP contribution < -0.4 is 0 Å². The summed E-state index contributed by atoms with van der Waals surface area (Å²) < 4.78 is 0. The van der Waals surface area contributed by atoms with Gasteiger partial charge in [-0.2, -0.15) is 0 Å². The van der Waals surface area contributed by atoms with E-state index in [1.165, 1.54) is 0 Å². The minimum atomic E-state index is -0.0820. The quantitative estimate of drug-likeness (QED) is 0.139. The third-order valence-corrected chi connectivity index (χ3v) is 9.26. The number of carbonyl (C=O) groups is 1. The van der Waals surface area contributed by atoms with Crippen molar-refractivity contribution in [3.8, 4) is 34.1 Å². The summed E-state index contributed by atoms with van der Waals surface area (Å²) in [4.78, 5) is 40.3. The SMILES string of the molecule is O=C(Cc1c2ccc([nH]2)c(-c2ccccc2)c2nc(c(C#Cc3ccccn3)c3nc(c(-c4ccccc4)c4ccc1[nH]4)C=C3)C=C2)c1ccccn1. The second-order valence-corrected chi connectivity index (χ2v) is 12.6. The Balaban J connectivity index is 1.40. The maximum atomic E-state index is 13.8. The van der Waals surface area contributed by atoms with E-state index >= 15 is 0 Å². The van der Waals surface area contributed by atoms with Crippen LogP contribution in [0.4, 0.5) is 0 Å². The molecule has 0 amide bonds. The monoisotopic (exact) mass is 682 g/mol. The van der Waals surface area contributed by atoms with Crippen LogP contribution in [0.25, 0.3) is 68.6 Å². The summed E-state index contributed by atoms with van der Waals surface area (Å²) in [5.74, 6) is 6.55. The molecule has 0 aliphatic carbocycles. The number of nitrogens with one attached hydrogen (secondary N) is 2. The van der Waals surface area contributed by atoms with Crippen LogP contribution in [-0.2, 0) is 6.42 Å². The Morgan fingerprint density at radius 1 is 0.509 bits per heavy atom. The molecule has 7 heterocycles. The lowest BCUT2D eigenvalue weighted by atomic mass is 10.0. The van der Waals surface area contributed by atoms with Gasteiger partial charge in [0.25, 0.3) is 0 Å². The third-order valence-electron chi connectivity index (χ3n) is 9.26. The molecule has 2 aliphatic heterocycles. The molecule has 8 bridgehead atoms. The lowest BCUT2D eigenvalue weighted by Gasteiger charge is -2.05. The normalized spacial score (nSPS) is 11.6. The van der Waals surface area contributed by atoms with E-state index in [2.05, 4.69) is 68.2 Å². The highest BCUT2D eigenvalue weighted by Crippen LogP contribution is 2.34. The first-order valence-electron chi connectivity index (χ1n) is 17.3. The summed E-state index contributed by atoms with van der Waals surface area (Å²) in [6.07, 6.45) is 11.6. The van der Waals surface area contributed by atoms with Crippen LogP contribution in [0.5, 0.6) is 0 Å². The Labute approximate surface area is 305 Å². The molecular weight excluding hydrogens is 653 g/mol. The molecular formula is C46H30N6O. The van der Waals surface area contributed by atoms with E-state index < -0.39 is 0 Å². The fraction of sp³-hybridized carbons (Fsp3) is 0.0217. The first-order chi connectivity index (χ1) is 26.2. The number of aromatic nitrogens is 6. The van der Waals surface area contributed by atoms with E-state index in [0.29, 0.717) is 28.3 Å². The molecule has 2 aromatic carbocycles. The maximum Gasteiger partial charge on any atom is 0.185 e. The molecule has 0 unspecified atom stereocenters. The summed E-state index contributed by atoms with van der Waals surface area (Å²) in [6.45, 7) is 0. The Morgan fingerprint density at radius 2 is 1.02 bits per heavy atom. The zero-order chi connectivity index (χ0) is 35.6. The van der Waals surface area contributed by atoms with Crippen molar-refractivity contribution in [2.45, 2.75) is 6.42 Å². The van der Waals surface area contributed by atoms with Gasteiger partial charge in [-0.05, 0) is 89.9 Å². The van der Waals surface area contributed by atoms with Crippen molar-refractivity contribution in [1.29, 1.82) is 0 Å². The van der Waals surface area contributed by atoms with Crippen molar-refractivity contribution in [1.82, 2.24) is 29.9 Å². The Morgan fingerprint density at radius 3 is 1.55 bits per heavy atom. The lowest BCUT2D eigenvalue weighted by Crippen LogP contribution is -2.06. The number of fused-ring (bicyclic) bond motifs is 8. The smallest absolute Gasteiger partial charge is 0.185 e. The van der Waals surface area contributed by atoms with Crippen molar-refractivity contribution in [2.24, 2.45) is 0 Å². The van der Waals surface area contributed by atoms with Gasteiger partial charge >= 0.3 is 0 Å². The van der Waals surface area contributed by atoms with E-state index in [4.69, 9.17) is 9.97 Å². The second-order valence-electron chi connectivity index (χ2n) is 12.6. The predicted molar refractivity (Wildman–Crippen MR) is 212 cm³/mol. The van der Waals surface area contributed by atoms with Crippen LogP contribution in [0.15, 0.2) is 134 Å². The standard InChI is InChI=1S/C46H30N6O/c53-44(39-16-8-10-28-48-39)29-34-37-21-25-42(51-37)45(30-11-3-1-4-12-30)40-23-19-35(49-40)33(18-17-32-15-7-9-27-47-32)36-20-24-41(50-36)46(31-13-5-2-6-14-31)43-26-22-38(34)52-43/h1-16,19-28,51-52H,29H2. The molecule has 7 heteroatoms. The number of ketones is 1. The van der Waals surface area contributed by atoms with E-state index in [9.17, 15) is 4.79 Å². The summed E-state index contributed by atoms with van der Waals surface area (Å²) in [6, 6.07) is 39.6. The molecule has 7 aromatic rings. The Kier molecular flexibility index (Phi) is 8.16. The van der Waals surface area contributed by atoms with E-state index in [1.807, 2.05) is 103 Å². The van der Waals surface area contributed by atoms with Crippen molar-refractivity contribution in [3.63, 3.8) is 0 Å². The molecule has 0 spiro atoms. The Bertz CT molecular complexity index is 2670. The number of H-pyrrole nitrogens is 2. The number of aromatic amines is 2. The van der Waals surface area contributed by atoms with Gasteiger partial charge in [-0.25, -0.2) is 15.0 Å². The average molecular weight is 683 g/mol. The third kappa shape index (κ3) is 6.26. The number of hydrogen-bond donors (Lipinski definition) is 2. The molecule has 0 radical (unpaired) electrons. The molecule has 250 valence electrons. The highest BCUT2D eigenvalue weighted by Gasteiger charge is 2.18. The average Bonchev–Trinajstić information content (AvgIpc) is 4.06. The molecule has 9 rings (SSSR count). The van der Waals surface area contributed by atoms with Crippen LogP contribution >= 0.6 is 0 Å². The van der Waals surface area contributed by atoms with Gasteiger partial charge in [0.1, 0.15) is 11.4 Å². The minimum absolute atomic E-state index is 0.0820. The molecule has 0 fully saturated rings. The minimum Gasteiger partial charge on any atom is -0.355 e. The van der Waals surface area contributed by atoms with Crippen molar-refractivity contribution in [2.75, 3.05) is 0 Å². The van der Waals surface area contributed by atoms with E-state index in [0.717, 1.165) is 61.3 Å². The summed E-state index contributed by atoms with van der Waals surface area (Å²) in [7, 11) is 0. The van der Waals surface area contributed by atoms with Crippen molar-refractivity contribution < 1.29 is 4.79 Å². The first kappa shape index (κ1) is 31.5. The topological polar surface area (TPSA) is 100 Å². The van der Waals surface area contributed by atoms with Crippen molar-refractivity contribution in [3.05, 3.63) is 179 Å². The fourth-order valence-electron chi connectivity index (χ4n) is 6.74. The van der Waals surface area contributed by atoms with E-state index in [-0.39, 0.29) is 12.2 Å². The molecule has 53 heavy (non-hydrogen) atoms. The van der Waals surface area contributed by atoms with Gasteiger partial charge in [0, 0.05) is 57.6 Å². The molecule has 0 saturated heterocycles. The van der Waals surface area contributed by atoms with Crippen LogP contribution in [0, 0.1) is 11.8 Å². The van der Waals surface area contributed by atoms with Gasteiger partial charge in [0.15, 0.2) is 5.78 Å². The van der Waals surface area contributed by atoms with Gasteiger partial charge < -0.3 is 9.97 Å². The zero-order valence-corrected chi connectivity index (χ0v) is 28.4. The molecule has 2 N–H and O–H groups in total. The van der Waals surface area contributed by atoms with Gasteiger partial charge in [-0.3, -0.25) is 9.78 Å². The maximum absolute atomic E-state index is 13.8. The van der Waals surface area contributed by atoms with Crippen LogP contribution in [0.1, 0.15) is 50.1 Å². The van der Waals surface area contributed by atoms with Gasteiger partial charge in [-0.1, -0.05) is 78.7 Å². The van der Waals surface area contributed by atoms with Crippen LogP contribution in [0.2, 0.25) is 0 Å². The first-order valence-corrected chi connectivity index (χ1v) is 17.3. The molecule has 5 aromatic heterocycles. The number of benzene rings is 2. The molecule has 7 nitrogen and oxygen atoms in total. The van der Waals surface area contributed by atoms with E-state index in [1.54, 1.807) is 18.5 Å². The lowest BCUT2D eigenvalue weighted by molar-refractivity contribution is 0.0988. The number of rotatable bonds is 5. The Hall–Kier alpha value is -7.43. The summed E-state index contributed by atoms with van der Waals surface area (Å²) in [5.41, 5.74) is 12.7. The fourth-order valence-corrected chi connectivity index (χ4v) is 6.74. The largest absolute Gasteiger partial charge is 0.355 e. The molecule has 0 saturated carbocycles. The number of pyridine rings is 2. The summed E-state index contributed by atoms with van der Waals surface area (Å²) >= 11 is 0. The number of hydrogen-bond acceptors (Lipinski definition) is 5. The van der Waals surface area contributed by atoms with Gasteiger partial charge in [-0.15, -0.1) is 0 Å². The highest BCUT2D eigenvalue weighted by atomic mass is 16.1. The second kappa shape index (κ2) is 13.7. The van der Waals surface area contributed by atoms with Crippen LogP contribution in [-0.4, -0.2) is 35.7 Å². The number of Topliss-reactive ketones (excluding diaryl/α,β-unsaturated/α-hetero) is 1. The van der Waals surface area contributed by atoms with Crippen LogP contribution in [0.3, 0.4) is 0 Å². The number of nitrogens with zero attached hydrogens (tertiary/aromatic N) is 4. The summed E-state index contributed by atoms with van der Waals surface area (Å²) in [5, 5.41) is 0. The zero-order valence-electron chi connectivity index (χ0n) is 28.4.